The van der Waals surface area contributed by atoms with Crippen LogP contribution in [0.15, 0.2) is 59.5 Å². The number of nitrogens with one attached hydrogen (secondary N) is 1. The molecule has 218 valence electrons. The van der Waals surface area contributed by atoms with Gasteiger partial charge in [0, 0.05) is 33.9 Å². The predicted molar refractivity (Wildman–Crippen MR) is 158 cm³/mol. The van der Waals surface area contributed by atoms with Crippen LogP contribution in [-0.4, -0.2) is 50.6 Å². The summed E-state index contributed by atoms with van der Waals surface area (Å²) in [4.78, 5) is 11.6. The number of hydrogen-bond acceptors (Lipinski definition) is 6. The maximum absolute atomic E-state index is 14.8. The molecule has 0 fully saturated rings. The fourth-order valence-corrected chi connectivity index (χ4v) is 5.75. The van der Waals surface area contributed by atoms with Crippen molar-refractivity contribution in [2.75, 3.05) is 26.7 Å². The largest absolute Gasteiger partial charge is 0.451 e. The summed E-state index contributed by atoms with van der Waals surface area (Å²) in [5.41, 5.74) is 2.37. The van der Waals surface area contributed by atoms with Gasteiger partial charge in [-0.2, -0.15) is 0 Å². The molecule has 0 aliphatic rings. The third-order valence-electron chi connectivity index (χ3n) is 4.92. The number of halogens is 5. The van der Waals surface area contributed by atoms with E-state index in [0.717, 1.165) is 17.7 Å². The summed E-state index contributed by atoms with van der Waals surface area (Å²) in [7, 11) is -0.363. The molecule has 0 radical (unpaired) electrons. The van der Waals surface area contributed by atoms with Crippen LogP contribution in [0, 0.1) is 11.6 Å². The van der Waals surface area contributed by atoms with Gasteiger partial charge in [-0.1, -0.05) is 60.6 Å². The molecule has 3 rings (SSSR count). The first-order valence-corrected chi connectivity index (χ1v) is 15.0. The van der Waals surface area contributed by atoms with Gasteiger partial charge in [0.1, 0.15) is 16.7 Å². The molecule has 0 spiro atoms. The predicted octanol–water partition coefficient (Wildman–Crippen LogP) is 7.35. The average Bonchev–Trinajstić information content (AvgIpc) is 2.92. The van der Waals surface area contributed by atoms with Crippen molar-refractivity contribution in [3.8, 4) is 11.5 Å². The third-order valence-corrected chi connectivity index (χ3v) is 8.12. The van der Waals surface area contributed by atoms with Crippen LogP contribution in [0.3, 0.4) is 0 Å². The lowest BCUT2D eigenvalue weighted by molar-refractivity contribution is -0.129. The molecule has 2 N–H and O–H groups in total. The van der Waals surface area contributed by atoms with E-state index in [-0.39, 0.29) is 17.2 Å². The van der Waals surface area contributed by atoms with Crippen LogP contribution in [0.4, 0.5) is 8.78 Å². The Kier molecular flexibility index (Phi) is 14.6. The molecule has 1 amide bonds. The van der Waals surface area contributed by atoms with Crippen molar-refractivity contribution in [3.63, 3.8) is 0 Å². The van der Waals surface area contributed by atoms with Crippen LogP contribution in [0.2, 0.25) is 15.1 Å². The van der Waals surface area contributed by atoms with Gasteiger partial charge in [-0.05, 0) is 67.2 Å². The van der Waals surface area contributed by atoms with Gasteiger partial charge in [-0.15, -0.1) is 0 Å². The molecule has 0 saturated heterocycles. The van der Waals surface area contributed by atoms with E-state index in [0.29, 0.717) is 27.4 Å². The molecule has 1 unspecified atom stereocenters. The Morgan fingerprint density at radius 1 is 0.975 bits per heavy atom. The molecule has 7 nitrogen and oxygen atoms in total. The minimum atomic E-state index is -2.15. The molecule has 1 atom stereocenters. The van der Waals surface area contributed by atoms with Gasteiger partial charge in [0.15, 0.2) is 17.4 Å². The summed E-state index contributed by atoms with van der Waals surface area (Å²) in [5, 5.41) is 10.4. The molecule has 0 saturated carbocycles. The number of nitrogens with zero attached hydrogens (tertiary/aromatic N) is 2. The van der Waals surface area contributed by atoms with Gasteiger partial charge in [-0.25, -0.2) is 22.8 Å². The lowest BCUT2D eigenvalue weighted by Crippen LogP contribution is -2.40. The first-order valence-electron chi connectivity index (χ1n) is 11.9. The number of amides is 1. The van der Waals surface area contributed by atoms with Crippen molar-refractivity contribution in [3.05, 3.63) is 86.9 Å². The normalized spacial score (nSPS) is 11.7. The second-order valence-electron chi connectivity index (χ2n) is 7.82. The van der Waals surface area contributed by atoms with E-state index in [1.165, 1.54) is 46.0 Å². The Morgan fingerprint density at radius 3 is 2.10 bits per heavy atom. The molecule has 0 heterocycles. The summed E-state index contributed by atoms with van der Waals surface area (Å²) in [6.07, 6.45) is 0. The number of hydrogen-bond donors (Lipinski definition) is 2. The van der Waals surface area contributed by atoms with E-state index in [9.17, 15) is 17.8 Å². The lowest BCUT2D eigenvalue weighted by Gasteiger charge is -2.23. The van der Waals surface area contributed by atoms with Gasteiger partial charge in [0.05, 0.1) is 11.4 Å². The monoisotopic (exact) mass is 653 g/mol. The molecule has 0 aliphatic heterocycles. The number of ether oxygens (including phenoxy) is 1. The van der Waals surface area contributed by atoms with Gasteiger partial charge in [0.25, 0.3) is 5.91 Å². The van der Waals surface area contributed by atoms with Crippen LogP contribution in [0.25, 0.3) is 0 Å². The van der Waals surface area contributed by atoms with Crippen molar-refractivity contribution in [2.24, 2.45) is 0 Å². The first kappa shape index (κ1) is 34.2. The van der Waals surface area contributed by atoms with E-state index in [1.807, 2.05) is 18.2 Å². The van der Waals surface area contributed by atoms with E-state index in [1.54, 1.807) is 25.2 Å². The third kappa shape index (κ3) is 10.8. The van der Waals surface area contributed by atoms with Crippen molar-refractivity contribution in [1.82, 2.24) is 14.1 Å². The van der Waals surface area contributed by atoms with Gasteiger partial charge in [-0.3, -0.25) is 14.3 Å². The highest BCUT2D eigenvalue weighted by Crippen LogP contribution is 2.31. The molecule has 3 aromatic rings. The summed E-state index contributed by atoms with van der Waals surface area (Å²) in [5.74, 6) is -2.98. The minimum Gasteiger partial charge on any atom is -0.451 e. The van der Waals surface area contributed by atoms with Crippen LogP contribution in [0.5, 0.6) is 11.5 Å². The van der Waals surface area contributed by atoms with Crippen LogP contribution < -0.4 is 10.2 Å². The van der Waals surface area contributed by atoms with Crippen molar-refractivity contribution < 1.29 is 27.7 Å². The molecule has 0 aromatic heterocycles. The molecule has 3 aromatic carbocycles. The molecular weight excluding hydrogens is 627 g/mol. The topological polar surface area (TPSA) is 82.1 Å². The first-order chi connectivity index (χ1) is 19.0. The maximum atomic E-state index is 14.8. The standard InChI is InChI=1S/C24H22Cl3F2N3O4S2.C2H6/c1-31(37-14-15-8-17(26)10-18(27)9-15)6-7-32(13-23(33)30-34)38(35)20-11-21(28)24(22(29)12-20)36-19-4-2-16(25)3-5-19;1-2/h2-5,8-12,34H,6-7,13-14H2,1H3,(H,30,33);1-2H3. The van der Waals surface area contributed by atoms with E-state index in [4.69, 9.17) is 44.7 Å². The van der Waals surface area contributed by atoms with Gasteiger partial charge >= 0.3 is 0 Å². The van der Waals surface area contributed by atoms with E-state index >= 15 is 0 Å². The number of benzene rings is 3. The molecule has 14 heteroatoms. The number of carbonyl (C=O) groups is 1. The van der Waals surface area contributed by atoms with Crippen molar-refractivity contribution >= 4 is 63.6 Å². The van der Waals surface area contributed by atoms with Crippen LogP contribution in [-0.2, 0) is 21.5 Å². The quantitative estimate of drug-likeness (QED) is 0.121. The lowest BCUT2D eigenvalue weighted by atomic mass is 10.2. The maximum Gasteiger partial charge on any atom is 0.258 e. The van der Waals surface area contributed by atoms with Crippen LogP contribution in [0.1, 0.15) is 19.4 Å². The average molecular weight is 655 g/mol. The SMILES string of the molecule is CC.CN(CCN(CC(=O)NO)S(=O)c1cc(F)c(Oc2ccc(Cl)cc2)c(F)c1)SCc1cc(Cl)cc(Cl)c1. The molecule has 0 aliphatic carbocycles. The van der Waals surface area contributed by atoms with Crippen molar-refractivity contribution in [2.45, 2.75) is 24.5 Å². The fraction of sp³-hybridized carbons (Fsp3) is 0.269. The van der Waals surface area contributed by atoms with E-state index in [2.05, 4.69) is 0 Å². The number of carbonyl (C=O) groups excluding carboxylic acids is 1. The highest BCUT2D eigenvalue weighted by atomic mass is 35.5. The second kappa shape index (κ2) is 17.1. The van der Waals surface area contributed by atoms with Crippen LogP contribution >= 0.6 is 46.8 Å². The summed E-state index contributed by atoms with van der Waals surface area (Å²) >= 11 is 19.3. The van der Waals surface area contributed by atoms with Gasteiger partial charge in [0.2, 0.25) is 0 Å². The van der Waals surface area contributed by atoms with E-state index < -0.39 is 40.8 Å². The van der Waals surface area contributed by atoms with Crippen molar-refractivity contribution in [1.29, 1.82) is 0 Å². The zero-order chi connectivity index (χ0) is 29.8. The minimum absolute atomic E-state index is 0.0616. The Hall–Kier alpha value is -1.96. The molecule has 0 bridgehead atoms. The Labute approximate surface area is 254 Å². The number of rotatable bonds is 12. The summed E-state index contributed by atoms with van der Waals surface area (Å²) in [6, 6.07) is 12.8. The molecule has 40 heavy (non-hydrogen) atoms. The summed E-state index contributed by atoms with van der Waals surface area (Å²) < 4.78 is 51.0. The Balaban J connectivity index is 0.00000274. The van der Waals surface area contributed by atoms with Gasteiger partial charge < -0.3 is 4.74 Å². The second-order valence-corrected chi connectivity index (χ2v) is 11.8. The highest BCUT2D eigenvalue weighted by molar-refractivity contribution is 7.96. The Morgan fingerprint density at radius 2 is 1.55 bits per heavy atom. The highest BCUT2D eigenvalue weighted by Gasteiger charge is 2.23. The summed E-state index contributed by atoms with van der Waals surface area (Å²) in [6.45, 7) is 3.88. The molecular formula is C26H28Cl3F2N3O4S2. The fourth-order valence-electron chi connectivity index (χ4n) is 3.12. The zero-order valence-corrected chi connectivity index (χ0v) is 25.7. The number of hydroxylamine groups is 1. The Bertz CT molecular complexity index is 1260. The zero-order valence-electron chi connectivity index (χ0n) is 21.8. The number of likely N-dealkylation sites (N-methyl/N-ethyl adjacent to an activating group) is 1. The smallest absolute Gasteiger partial charge is 0.258 e.